The zero-order valence-corrected chi connectivity index (χ0v) is 18.6. The maximum atomic E-state index is 13.1. The fourth-order valence-electron chi connectivity index (χ4n) is 7.06. The van der Waals surface area contributed by atoms with Gasteiger partial charge in [-0.15, -0.1) is 0 Å². The first kappa shape index (κ1) is 20.7. The van der Waals surface area contributed by atoms with Gasteiger partial charge in [0, 0.05) is 18.6 Å². The predicted molar refractivity (Wildman–Crippen MR) is 121 cm³/mol. The Kier molecular flexibility index (Phi) is 5.57. The SMILES string of the molecule is CCOC(=O)N1CCCC(C(=O)Nc2ccccc2NC23CC4CC(CC(C4)C2)C3)C1. The van der Waals surface area contributed by atoms with Crippen LogP contribution in [0.5, 0.6) is 0 Å². The van der Waals surface area contributed by atoms with Crippen molar-refractivity contribution in [1.29, 1.82) is 0 Å². The summed E-state index contributed by atoms with van der Waals surface area (Å²) in [6, 6.07) is 8.11. The summed E-state index contributed by atoms with van der Waals surface area (Å²) < 4.78 is 5.13. The van der Waals surface area contributed by atoms with E-state index in [1.165, 1.54) is 38.5 Å². The highest BCUT2D eigenvalue weighted by Gasteiger charge is 2.51. The van der Waals surface area contributed by atoms with Crippen LogP contribution in [0.25, 0.3) is 0 Å². The molecule has 1 aliphatic heterocycles. The first-order valence-electron chi connectivity index (χ1n) is 12.1. The van der Waals surface area contributed by atoms with Crippen LogP contribution < -0.4 is 10.6 Å². The van der Waals surface area contributed by atoms with E-state index in [9.17, 15) is 9.59 Å². The third-order valence-corrected chi connectivity index (χ3v) is 7.94. The zero-order chi connectivity index (χ0) is 21.4. The number of ether oxygens (including phenoxy) is 1. The van der Waals surface area contributed by atoms with Gasteiger partial charge in [-0.2, -0.15) is 0 Å². The molecule has 1 aromatic carbocycles. The Morgan fingerprint density at radius 3 is 2.35 bits per heavy atom. The summed E-state index contributed by atoms with van der Waals surface area (Å²) in [5.74, 6) is 2.41. The lowest BCUT2D eigenvalue weighted by molar-refractivity contribution is -0.121. The van der Waals surface area contributed by atoms with Crippen molar-refractivity contribution >= 4 is 23.4 Å². The fourth-order valence-corrected chi connectivity index (χ4v) is 7.06. The number of nitrogens with one attached hydrogen (secondary N) is 2. The highest BCUT2D eigenvalue weighted by atomic mass is 16.6. The zero-order valence-electron chi connectivity index (χ0n) is 18.6. The van der Waals surface area contributed by atoms with Crippen molar-refractivity contribution in [3.05, 3.63) is 24.3 Å². The molecule has 1 heterocycles. The van der Waals surface area contributed by atoms with Crippen LogP contribution in [0.4, 0.5) is 16.2 Å². The Morgan fingerprint density at radius 2 is 1.71 bits per heavy atom. The second kappa shape index (κ2) is 8.36. The fraction of sp³-hybridized carbons (Fsp3) is 0.680. The van der Waals surface area contributed by atoms with Gasteiger partial charge in [0.1, 0.15) is 0 Å². The first-order valence-corrected chi connectivity index (χ1v) is 12.1. The maximum absolute atomic E-state index is 13.1. The van der Waals surface area contributed by atoms with Crippen molar-refractivity contribution in [2.45, 2.75) is 63.8 Å². The topological polar surface area (TPSA) is 70.7 Å². The molecule has 168 valence electrons. The van der Waals surface area contributed by atoms with E-state index in [1.807, 2.05) is 18.2 Å². The van der Waals surface area contributed by atoms with Crippen molar-refractivity contribution < 1.29 is 14.3 Å². The van der Waals surface area contributed by atoms with E-state index in [0.717, 1.165) is 42.0 Å². The average molecular weight is 426 g/mol. The number of nitrogens with zero attached hydrogens (tertiary/aromatic N) is 1. The first-order chi connectivity index (χ1) is 15.0. The van der Waals surface area contributed by atoms with Crippen LogP contribution in [0.1, 0.15) is 58.3 Å². The molecule has 1 aromatic rings. The number of likely N-dealkylation sites (tertiary alicyclic amines) is 1. The van der Waals surface area contributed by atoms with Gasteiger partial charge < -0.3 is 20.3 Å². The number of benzene rings is 1. The number of anilines is 2. The molecule has 4 bridgehead atoms. The number of carbonyl (C=O) groups excluding carboxylic acids is 2. The highest BCUT2D eigenvalue weighted by molar-refractivity contribution is 5.96. The minimum absolute atomic E-state index is 0.00578. The van der Waals surface area contributed by atoms with Gasteiger partial charge in [0.05, 0.1) is 23.9 Å². The lowest BCUT2D eigenvalue weighted by atomic mass is 9.53. The molecule has 1 atom stereocenters. The third-order valence-electron chi connectivity index (χ3n) is 7.94. The van der Waals surface area contributed by atoms with Gasteiger partial charge in [0.15, 0.2) is 0 Å². The summed E-state index contributed by atoms with van der Waals surface area (Å²) in [4.78, 5) is 26.8. The summed E-state index contributed by atoms with van der Waals surface area (Å²) >= 11 is 0. The minimum atomic E-state index is -0.316. The number of piperidine rings is 1. The Labute approximate surface area is 185 Å². The number of rotatable bonds is 5. The quantitative estimate of drug-likeness (QED) is 0.706. The predicted octanol–water partition coefficient (Wildman–Crippen LogP) is 4.87. The second-order valence-electron chi connectivity index (χ2n) is 10.3. The Bertz CT molecular complexity index is 804. The Morgan fingerprint density at radius 1 is 1.06 bits per heavy atom. The van der Waals surface area contributed by atoms with Crippen LogP contribution in [0, 0.1) is 23.7 Å². The number of hydrogen-bond acceptors (Lipinski definition) is 4. The van der Waals surface area contributed by atoms with E-state index in [2.05, 4.69) is 16.7 Å². The van der Waals surface area contributed by atoms with Gasteiger partial charge in [-0.3, -0.25) is 4.79 Å². The van der Waals surface area contributed by atoms with Crippen LogP contribution >= 0.6 is 0 Å². The van der Waals surface area contributed by atoms with Crippen molar-refractivity contribution in [2.75, 3.05) is 30.3 Å². The van der Waals surface area contributed by atoms with Crippen LogP contribution in [0.3, 0.4) is 0 Å². The second-order valence-corrected chi connectivity index (χ2v) is 10.3. The van der Waals surface area contributed by atoms with E-state index in [0.29, 0.717) is 19.7 Å². The lowest BCUT2D eigenvalue weighted by Crippen LogP contribution is -2.54. The monoisotopic (exact) mass is 425 g/mol. The molecule has 4 aliphatic carbocycles. The molecule has 0 radical (unpaired) electrons. The maximum Gasteiger partial charge on any atom is 0.409 e. The molecular formula is C25H35N3O3. The van der Waals surface area contributed by atoms with Crippen LogP contribution in [-0.2, 0) is 9.53 Å². The molecule has 0 spiro atoms. The summed E-state index contributed by atoms with van der Waals surface area (Å²) in [5, 5.41) is 7.08. The summed E-state index contributed by atoms with van der Waals surface area (Å²) in [5.41, 5.74) is 2.09. The molecule has 2 N–H and O–H groups in total. The lowest BCUT2D eigenvalue weighted by Gasteiger charge is -2.57. The van der Waals surface area contributed by atoms with E-state index in [1.54, 1.807) is 11.8 Å². The van der Waals surface area contributed by atoms with Crippen molar-refractivity contribution in [3.63, 3.8) is 0 Å². The highest BCUT2D eigenvalue weighted by Crippen LogP contribution is 2.56. The number of para-hydroxylation sites is 2. The van der Waals surface area contributed by atoms with E-state index in [-0.39, 0.29) is 23.5 Å². The van der Waals surface area contributed by atoms with Crippen LogP contribution in [0.15, 0.2) is 24.3 Å². The number of carbonyl (C=O) groups is 2. The van der Waals surface area contributed by atoms with Gasteiger partial charge in [-0.1, -0.05) is 12.1 Å². The van der Waals surface area contributed by atoms with Crippen LogP contribution in [0.2, 0.25) is 0 Å². The van der Waals surface area contributed by atoms with Crippen LogP contribution in [-0.4, -0.2) is 42.1 Å². The van der Waals surface area contributed by atoms with Gasteiger partial charge >= 0.3 is 6.09 Å². The van der Waals surface area contributed by atoms with E-state index < -0.39 is 0 Å². The molecule has 6 nitrogen and oxygen atoms in total. The standard InChI is InChI=1S/C25H35N3O3/c1-2-31-24(30)28-9-5-6-20(16-28)23(29)26-21-7-3-4-8-22(21)27-25-13-17-10-18(14-25)12-19(11-17)15-25/h3-4,7-8,17-20,27H,2,5-6,9-16H2,1H3,(H,26,29). The normalized spacial score (nSPS) is 33.8. The minimum Gasteiger partial charge on any atom is -0.450 e. The molecule has 1 saturated heterocycles. The number of amides is 2. The van der Waals surface area contributed by atoms with Gasteiger partial charge in [0.25, 0.3) is 0 Å². The number of hydrogen-bond donors (Lipinski definition) is 2. The Hall–Kier alpha value is -2.24. The smallest absolute Gasteiger partial charge is 0.409 e. The molecular weight excluding hydrogens is 390 g/mol. The van der Waals surface area contributed by atoms with Gasteiger partial charge in [-0.25, -0.2) is 4.79 Å². The largest absolute Gasteiger partial charge is 0.450 e. The Balaban J connectivity index is 1.27. The van der Waals surface area contributed by atoms with Gasteiger partial charge in [0.2, 0.25) is 5.91 Å². The average Bonchev–Trinajstić information content (AvgIpc) is 2.74. The van der Waals surface area contributed by atoms with E-state index >= 15 is 0 Å². The molecule has 1 unspecified atom stereocenters. The molecule has 5 aliphatic rings. The third kappa shape index (κ3) is 4.26. The molecule has 0 aromatic heterocycles. The molecule has 5 fully saturated rings. The molecule has 31 heavy (non-hydrogen) atoms. The molecule has 6 heteroatoms. The molecule has 4 saturated carbocycles. The van der Waals surface area contributed by atoms with Crippen molar-refractivity contribution in [2.24, 2.45) is 23.7 Å². The molecule has 6 rings (SSSR count). The molecule has 2 amide bonds. The summed E-state index contributed by atoms with van der Waals surface area (Å²) in [6.45, 7) is 3.25. The van der Waals surface area contributed by atoms with Gasteiger partial charge in [-0.05, 0) is 88.2 Å². The van der Waals surface area contributed by atoms with Crippen molar-refractivity contribution in [3.8, 4) is 0 Å². The summed E-state index contributed by atoms with van der Waals surface area (Å²) in [6.07, 6.45) is 9.34. The summed E-state index contributed by atoms with van der Waals surface area (Å²) in [7, 11) is 0. The van der Waals surface area contributed by atoms with Crippen molar-refractivity contribution in [1.82, 2.24) is 4.90 Å². The van der Waals surface area contributed by atoms with E-state index in [4.69, 9.17) is 4.74 Å².